The van der Waals surface area contributed by atoms with Gasteiger partial charge in [-0.15, -0.1) is 11.8 Å². The molecule has 0 spiro atoms. The average molecular weight is 175 g/mol. The fraction of sp³-hybridized carbons (Fsp3) is 0.714. The lowest BCUT2D eigenvalue weighted by Gasteiger charge is -2.12. The molecule has 0 heterocycles. The van der Waals surface area contributed by atoms with Crippen molar-refractivity contribution < 1.29 is 0 Å². The Balaban J connectivity index is 3.73. The molecule has 66 valence electrons. The van der Waals surface area contributed by atoms with Crippen molar-refractivity contribution in [2.75, 3.05) is 33.6 Å². The lowest BCUT2D eigenvalue weighted by Crippen LogP contribution is -2.21. The molecule has 0 saturated heterocycles. The number of hydrogen-bond donors (Lipinski definition) is 2. The Bertz CT molecular complexity index is 123. The fourth-order valence-electron chi connectivity index (χ4n) is 0.665. The molecule has 0 aliphatic rings. The van der Waals surface area contributed by atoms with Gasteiger partial charge in [-0.3, -0.25) is 0 Å². The summed E-state index contributed by atoms with van der Waals surface area (Å²) in [6, 6.07) is 0. The van der Waals surface area contributed by atoms with E-state index in [9.17, 15) is 0 Å². The molecule has 0 aromatic heterocycles. The molecule has 0 aliphatic heterocycles. The Labute approximate surface area is 73.0 Å². The highest BCUT2D eigenvalue weighted by Gasteiger charge is 1.94. The van der Waals surface area contributed by atoms with Gasteiger partial charge in [0.05, 0.1) is 0 Å². The Morgan fingerprint density at radius 2 is 2.27 bits per heavy atom. The number of rotatable bonds is 5. The minimum atomic E-state index is 0.638. The van der Waals surface area contributed by atoms with Gasteiger partial charge in [0, 0.05) is 25.2 Å². The Kier molecular flexibility index (Phi) is 6.40. The molecule has 0 radical (unpaired) electrons. The second-order valence-electron chi connectivity index (χ2n) is 2.46. The van der Waals surface area contributed by atoms with Crippen molar-refractivity contribution in [3.05, 3.63) is 11.1 Å². The van der Waals surface area contributed by atoms with E-state index in [1.807, 2.05) is 21.1 Å². The number of thioether (sulfide) groups is 1. The first-order valence-electron chi connectivity index (χ1n) is 3.54. The van der Waals surface area contributed by atoms with E-state index < -0.39 is 0 Å². The molecular weight excluding hydrogens is 158 g/mol. The van der Waals surface area contributed by atoms with Gasteiger partial charge in [-0.1, -0.05) is 0 Å². The van der Waals surface area contributed by atoms with Gasteiger partial charge in [-0.05, 0) is 19.5 Å². The summed E-state index contributed by atoms with van der Waals surface area (Å²) in [6.07, 6.45) is 0. The monoisotopic (exact) mass is 175 g/mol. The van der Waals surface area contributed by atoms with Crippen molar-refractivity contribution in [3.63, 3.8) is 0 Å². The van der Waals surface area contributed by atoms with Crippen LogP contribution in [0.3, 0.4) is 0 Å². The molecule has 0 aliphatic carbocycles. The molecular formula is C7H17N3S. The van der Waals surface area contributed by atoms with Crippen LogP contribution < -0.4 is 11.1 Å². The number of nitrogens with zero attached hydrogens (tertiary/aromatic N) is 1. The normalized spacial score (nSPS) is 12.3. The van der Waals surface area contributed by atoms with E-state index in [1.165, 1.54) is 5.70 Å². The molecule has 0 atom stereocenters. The molecule has 11 heavy (non-hydrogen) atoms. The quantitative estimate of drug-likeness (QED) is 0.588. The smallest absolute Gasteiger partial charge is 0.0435 e. The molecule has 3 nitrogen and oxygen atoms in total. The van der Waals surface area contributed by atoms with Crippen LogP contribution in [0.1, 0.15) is 0 Å². The standard InChI is InChI=1S/C7H17N3S/c1-9-7(4-10(2)3)5-11-6-8/h5,9H,4,6,8H2,1-3H3/b7-5-. The third kappa shape index (κ3) is 6.22. The van der Waals surface area contributed by atoms with Gasteiger partial charge in [0.15, 0.2) is 0 Å². The molecule has 0 unspecified atom stereocenters. The second-order valence-corrected chi connectivity index (χ2v) is 3.37. The van der Waals surface area contributed by atoms with Crippen LogP contribution in [0.25, 0.3) is 0 Å². The van der Waals surface area contributed by atoms with Crippen molar-refractivity contribution in [1.29, 1.82) is 0 Å². The van der Waals surface area contributed by atoms with Crippen LogP contribution >= 0.6 is 11.8 Å². The van der Waals surface area contributed by atoms with E-state index in [4.69, 9.17) is 5.73 Å². The highest BCUT2D eigenvalue weighted by Crippen LogP contribution is 2.02. The summed E-state index contributed by atoms with van der Waals surface area (Å²) in [4.78, 5) is 2.11. The highest BCUT2D eigenvalue weighted by molar-refractivity contribution is 8.02. The number of hydrogen-bond acceptors (Lipinski definition) is 4. The van der Waals surface area contributed by atoms with Crippen LogP contribution in [0.2, 0.25) is 0 Å². The summed E-state index contributed by atoms with van der Waals surface area (Å²) < 4.78 is 0. The minimum Gasteiger partial charge on any atom is -0.390 e. The van der Waals surface area contributed by atoms with Gasteiger partial charge in [0.1, 0.15) is 0 Å². The molecule has 0 aromatic carbocycles. The maximum Gasteiger partial charge on any atom is 0.0435 e. The van der Waals surface area contributed by atoms with E-state index in [0.717, 1.165) is 6.54 Å². The average Bonchev–Trinajstić information content (AvgIpc) is 1.97. The summed E-state index contributed by atoms with van der Waals surface area (Å²) in [6.45, 7) is 0.934. The van der Waals surface area contributed by atoms with Crippen molar-refractivity contribution >= 4 is 11.8 Å². The van der Waals surface area contributed by atoms with Gasteiger partial charge >= 0.3 is 0 Å². The van der Waals surface area contributed by atoms with Gasteiger partial charge in [-0.25, -0.2) is 0 Å². The molecule has 0 rings (SSSR count). The number of likely N-dealkylation sites (N-methyl/N-ethyl adjacent to an activating group) is 2. The van der Waals surface area contributed by atoms with E-state index >= 15 is 0 Å². The number of nitrogens with one attached hydrogen (secondary N) is 1. The minimum absolute atomic E-state index is 0.638. The maximum absolute atomic E-state index is 5.34. The number of nitrogens with two attached hydrogens (primary N) is 1. The van der Waals surface area contributed by atoms with E-state index in [-0.39, 0.29) is 0 Å². The van der Waals surface area contributed by atoms with Gasteiger partial charge < -0.3 is 16.0 Å². The van der Waals surface area contributed by atoms with Crippen LogP contribution in [0.4, 0.5) is 0 Å². The fourth-order valence-corrected chi connectivity index (χ4v) is 1.15. The van der Waals surface area contributed by atoms with E-state index in [2.05, 4.69) is 15.6 Å². The summed E-state index contributed by atoms with van der Waals surface area (Å²) in [7, 11) is 6.00. The zero-order valence-corrected chi connectivity index (χ0v) is 8.24. The van der Waals surface area contributed by atoms with Crippen molar-refractivity contribution in [3.8, 4) is 0 Å². The Morgan fingerprint density at radius 3 is 2.64 bits per heavy atom. The largest absolute Gasteiger partial charge is 0.390 e. The Morgan fingerprint density at radius 1 is 1.64 bits per heavy atom. The molecule has 0 bridgehead atoms. The maximum atomic E-state index is 5.34. The van der Waals surface area contributed by atoms with Crippen molar-refractivity contribution in [2.24, 2.45) is 5.73 Å². The molecule has 0 aromatic rings. The highest BCUT2D eigenvalue weighted by atomic mass is 32.2. The van der Waals surface area contributed by atoms with Gasteiger partial charge in [0.25, 0.3) is 0 Å². The summed E-state index contributed by atoms with van der Waals surface area (Å²) in [5.41, 5.74) is 6.54. The first-order chi connectivity index (χ1) is 5.20. The third-order valence-corrected chi connectivity index (χ3v) is 1.77. The van der Waals surface area contributed by atoms with Crippen molar-refractivity contribution in [1.82, 2.24) is 10.2 Å². The molecule has 3 N–H and O–H groups in total. The summed E-state index contributed by atoms with van der Waals surface area (Å²) in [5.74, 6) is 0.638. The zero-order valence-electron chi connectivity index (χ0n) is 7.42. The predicted molar refractivity (Wildman–Crippen MR) is 52.3 cm³/mol. The van der Waals surface area contributed by atoms with Crippen molar-refractivity contribution in [2.45, 2.75) is 0 Å². The van der Waals surface area contributed by atoms with Crippen LogP contribution in [-0.4, -0.2) is 38.5 Å². The molecule has 0 amide bonds. The van der Waals surface area contributed by atoms with Crippen LogP contribution in [0.5, 0.6) is 0 Å². The van der Waals surface area contributed by atoms with Crippen LogP contribution in [0.15, 0.2) is 11.1 Å². The third-order valence-electron chi connectivity index (χ3n) is 1.13. The zero-order chi connectivity index (χ0) is 8.69. The SMILES string of the molecule is CN/C(=C\SCN)CN(C)C. The van der Waals surface area contributed by atoms with Gasteiger partial charge in [-0.2, -0.15) is 0 Å². The Hall–Kier alpha value is -0.190. The van der Waals surface area contributed by atoms with Crippen LogP contribution in [0, 0.1) is 0 Å². The van der Waals surface area contributed by atoms with Gasteiger partial charge in [0.2, 0.25) is 0 Å². The molecule has 0 fully saturated rings. The van der Waals surface area contributed by atoms with Crippen LogP contribution in [-0.2, 0) is 0 Å². The first-order valence-corrected chi connectivity index (χ1v) is 4.58. The van der Waals surface area contributed by atoms with E-state index in [0.29, 0.717) is 5.88 Å². The second kappa shape index (κ2) is 6.52. The van der Waals surface area contributed by atoms with E-state index in [1.54, 1.807) is 11.8 Å². The summed E-state index contributed by atoms with van der Waals surface area (Å²) in [5, 5.41) is 5.17. The first kappa shape index (κ1) is 10.8. The lowest BCUT2D eigenvalue weighted by molar-refractivity contribution is 0.436. The summed E-state index contributed by atoms with van der Waals surface area (Å²) >= 11 is 1.61. The topological polar surface area (TPSA) is 41.3 Å². The lowest BCUT2D eigenvalue weighted by atomic mass is 10.4. The molecule has 0 saturated carbocycles. The molecule has 4 heteroatoms. The predicted octanol–water partition coefficient (Wildman–Crippen LogP) is 0.258.